The van der Waals surface area contributed by atoms with Crippen molar-refractivity contribution in [3.8, 4) is 0 Å². The van der Waals surface area contributed by atoms with Crippen LogP contribution >= 0.6 is 0 Å². The zero-order valence-corrected chi connectivity index (χ0v) is 16.8. The summed E-state index contributed by atoms with van der Waals surface area (Å²) < 4.78 is 54.5. The van der Waals surface area contributed by atoms with Crippen molar-refractivity contribution in [2.75, 3.05) is 31.1 Å². The largest absolute Gasteiger partial charge is 0.366 e. The van der Waals surface area contributed by atoms with Crippen molar-refractivity contribution in [2.45, 2.75) is 24.3 Å². The molecule has 1 unspecified atom stereocenters. The molecule has 1 N–H and O–H groups in total. The van der Waals surface area contributed by atoms with Crippen LogP contribution in [-0.4, -0.2) is 51.4 Å². The second-order valence-corrected chi connectivity index (χ2v) is 8.51. The van der Waals surface area contributed by atoms with Crippen molar-refractivity contribution in [1.82, 2.24) is 9.62 Å². The average molecular weight is 423 g/mol. The Labute approximate surface area is 169 Å². The number of hydrogen-bond acceptors (Lipinski definition) is 4. The third kappa shape index (κ3) is 4.91. The van der Waals surface area contributed by atoms with Crippen molar-refractivity contribution in [2.24, 2.45) is 0 Å². The first-order valence-corrected chi connectivity index (χ1v) is 10.9. The molecular formula is C20H23F2N3O3S. The Morgan fingerprint density at radius 2 is 1.66 bits per heavy atom. The molecule has 9 heteroatoms. The minimum Gasteiger partial charge on any atom is -0.366 e. The van der Waals surface area contributed by atoms with E-state index in [0.717, 1.165) is 24.3 Å². The molecule has 1 heterocycles. The molecule has 2 aromatic rings. The highest BCUT2D eigenvalue weighted by atomic mass is 32.2. The topological polar surface area (TPSA) is 69.7 Å². The van der Waals surface area contributed by atoms with E-state index in [1.807, 2.05) is 4.90 Å². The summed E-state index contributed by atoms with van der Waals surface area (Å²) in [6.45, 7) is 3.34. The lowest BCUT2D eigenvalue weighted by Gasteiger charge is -2.37. The molecule has 0 bridgehead atoms. The number of anilines is 1. The first-order valence-electron chi connectivity index (χ1n) is 9.38. The molecule has 1 aliphatic heterocycles. The summed E-state index contributed by atoms with van der Waals surface area (Å²) in [5.74, 6) is -1.18. The molecule has 1 atom stereocenters. The van der Waals surface area contributed by atoms with Crippen LogP contribution in [0.1, 0.15) is 13.3 Å². The van der Waals surface area contributed by atoms with E-state index in [1.54, 1.807) is 30.0 Å². The van der Waals surface area contributed by atoms with Crippen molar-refractivity contribution in [3.05, 3.63) is 60.2 Å². The highest BCUT2D eigenvalue weighted by Crippen LogP contribution is 2.20. The fourth-order valence-corrected chi connectivity index (χ4v) is 4.55. The molecule has 1 saturated heterocycles. The second kappa shape index (κ2) is 8.87. The van der Waals surface area contributed by atoms with E-state index in [0.29, 0.717) is 31.9 Å². The van der Waals surface area contributed by atoms with Crippen LogP contribution in [-0.2, 0) is 14.8 Å². The summed E-state index contributed by atoms with van der Waals surface area (Å²) >= 11 is 0. The zero-order valence-electron chi connectivity index (χ0n) is 16.0. The molecule has 0 radical (unpaired) electrons. The van der Waals surface area contributed by atoms with Gasteiger partial charge in [0.15, 0.2) is 0 Å². The molecule has 1 amide bonds. The number of carbonyl (C=O) groups is 1. The number of nitrogens with one attached hydrogen (secondary N) is 1. The van der Waals surface area contributed by atoms with Gasteiger partial charge in [-0.2, -0.15) is 4.72 Å². The number of rotatable bonds is 6. The Balaban J connectivity index is 1.64. The van der Waals surface area contributed by atoms with Gasteiger partial charge in [0.1, 0.15) is 17.7 Å². The van der Waals surface area contributed by atoms with Gasteiger partial charge in [-0.05, 0) is 42.8 Å². The highest BCUT2D eigenvalue weighted by Gasteiger charge is 2.30. The maximum absolute atomic E-state index is 14.0. The molecule has 0 aromatic heterocycles. The number of piperazine rings is 1. The number of benzene rings is 2. The normalized spacial score (nSPS) is 16.0. The third-order valence-corrected chi connectivity index (χ3v) is 6.40. The fourth-order valence-electron chi connectivity index (χ4n) is 3.27. The summed E-state index contributed by atoms with van der Waals surface area (Å²) in [7, 11) is -3.96. The van der Waals surface area contributed by atoms with Crippen molar-refractivity contribution in [3.63, 3.8) is 0 Å². The van der Waals surface area contributed by atoms with Gasteiger partial charge in [0.05, 0.1) is 10.6 Å². The van der Waals surface area contributed by atoms with Gasteiger partial charge in [0.25, 0.3) is 0 Å². The maximum Gasteiger partial charge on any atom is 0.241 e. The zero-order chi connectivity index (χ0) is 21.0. The van der Waals surface area contributed by atoms with Gasteiger partial charge in [-0.25, -0.2) is 17.2 Å². The van der Waals surface area contributed by atoms with Gasteiger partial charge in [0.2, 0.25) is 15.9 Å². The van der Waals surface area contributed by atoms with E-state index in [4.69, 9.17) is 0 Å². The summed E-state index contributed by atoms with van der Waals surface area (Å²) in [5, 5.41) is 0. The molecule has 1 aliphatic rings. The molecule has 6 nitrogen and oxygen atoms in total. The lowest BCUT2D eigenvalue weighted by Crippen LogP contribution is -2.55. The number of carbonyl (C=O) groups excluding carboxylic acids is 1. The van der Waals surface area contributed by atoms with E-state index in [1.165, 1.54) is 6.07 Å². The Bertz CT molecular complexity index is 959. The SMILES string of the molecule is CCC(NS(=O)(=O)c1ccc(F)cc1)C(=O)N1CCN(c2ccccc2F)CC1. The lowest BCUT2D eigenvalue weighted by atomic mass is 10.2. The standard InChI is InChI=1S/C20H23F2N3O3S/c1-2-18(23-29(27,28)16-9-7-15(21)8-10-16)20(26)25-13-11-24(12-14-25)19-6-4-3-5-17(19)22/h3-10,18,23H,2,11-14H2,1H3. The summed E-state index contributed by atoms with van der Waals surface area (Å²) in [5.41, 5.74) is 0.489. The first kappa shape index (κ1) is 21.2. The monoisotopic (exact) mass is 423 g/mol. The van der Waals surface area contributed by atoms with E-state index in [-0.39, 0.29) is 23.0 Å². The highest BCUT2D eigenvalue weighted by molar-refractivity contribution is 7.89. The van der Waals surface area contributed by atoms with Gasteiger partial charge in [0, 0.05) is 26.2 Å². The van der Waals surface area contributed by atoms with Gasteiger partial charge < -0.3 is 9.80 Å². The molecular weight excluding hydrogens is 400 g/mol. The van der Waals surface area contributed by atoms with Gasteiger partial charge in [-0.3, -0.25) is 4.79 Å². The van der Waals surface area contributed by atoms with Crippen LogP contribution in [0.3, 0.4) is 0 Å². The predicted octanol–water partition coefficient (Wildman–Crippen LogP) is 2.37. The quantitative estimate of drug-likeness (QED) is 0.775. The Kier molecular flexibility index (Phi) is 6.49. The van der Waals surface area contributed by atoms with Crippen LogP contribution in [0.5, 0.6) is 0 Å². The number of halogens is 2. The molecule has 0 aliphatic carbocycles. The maximum atomic E-state index is 14.0. The van der Waals surface area contributed by atoms with Crippen molar-refractivity contribution < 1.29 is 22.0 Å². The van der Waals surface area contributed by atoms with Crippen LogP contribution in [0.25, 0.3) is 0 Å². The molecule has 3 rings (SSSR count). The van der Waals surface area contributed by atoms with Gasteiger partial charge >= 0.3 is 0 Å². The van der Waals surface area contributed by atoms with Crippen LogP contribution in [0.15, 0.2) is 53.4 Å². The number of amides is 1. The first-order chi connectivity index (χ1) is 13.8. The Hall–Kier alpha value is -2.52. The molecule has 2 aromatic carbocycles. The Morgan fingerprint density at radius 1 is 1.03 bits per heavy atom. The molecule has 156 valence electrons. The van der Waals surface area contributed by atoms with Crippen LogP contribution in [0, 0.1) is 11.6 Å². The van der Waals surface area contributed by atoms with E-state index >= 15 is 0 Å². The van der Waals surface area contributed by atoms with Crippen LogP contribution in [0.4, 0.5) is 14.5 Å². The Morgan fingerprint density at radius 3 is 2.24 bits per heavy atom. The third-order valence-electron chi connectivity index (χ3n) is 4.91. The van der Waals surface area contributed by atoms with Crippen LogP contribution in [0.2, 0.25) is 0 Å². The molecule has 29 heavy (non-hydrogen) atoms. The smallest absolute Gasteiger partial charge is 0.241 e. The number of sulfonamides is 1. The average Bonchev–Trinajstić information content (AvgIpc) is 2.72. The second-order valence-electron chi connectivity index (χ2n) is 6.80. The summed E-state index contributed by atoms with van der Waals surface area (Å²) in [6.07, 6.45) is 0.271. The molecule has 1 fully saturated rings. The molecule has 0 spiro atoms. The van der Waals surface area contributed by atoms with Crippen molar-refractivity contribution in [1.29, 1.82) is 0 Å². The predicted molar refractivity (Wildman–Crippen MR) is 106 cm³/mol. The van der Waals surface area contributed by atoms with Crippen molar-refractivity contribution >= 4 is 21.6 Å². The molecule has 0 saturated carbocycles. The lowest BCUT2D eigenvalue weighted by molar-refractivity contribution is -0.133. The van der Waals surface area contributed by atoms with Gasteiger partial charge in [-0.1, -0.05) is 19.1 Å². The summed E-state index contributed by atoms with van der Waals surface area (Å²) in [4.78, 5) is 16.2. The van der Waals surface area contributed by atoms with E-state index < -0.39 is 21.9 Å². The minimum atomic E-state index is -3.96. The van der Waals surface area contributed by atoms with E-state index in [2.05, 4.69) is 4.72 Å². The minimum absolute atomic E-state index is 0.102. The number of para-hydroxylation sites is 1. The van der Waals surface area contributed by atoms with E-state index in [9.17, 15) is 22.0 Å². The fraction of sp³-hybridized carbons (Fsp3) is 0.350. The number of nitrogens with zero attached hydrogens (tertiary/aromatic N) is 2. The van der Waals surface area contributed by atoms with Gasteiger partial charge in [-0.15, -0.1) is 0 Å². The number of hydrogen-bond donors (Lipinski definition) is 1. The summed E-state index contributed by atoms with van der Waals surface area (Å²) in [6, 6.07) is 9.96. The van der Waals surface area contributed by atoms with Crippen LogP contribution < -0.4 is 9.62 Å².